The first-order chi connectivity index (χ1) is 9.47. The number of nitro benzene ring substituents is 1. The molecule has 2 rings (SSSR count). The van der Waals surface area contributed by atoms with Crippen molar-refractivity contribution < 1.29 is 14.4 Å². The van der Waals surface area contributed by atoms with Crippen molar-refractivity contribution in [3.8, 4) is 5.75 Å². The van der Waals surface area contributed by atoms with Gasteiger partial charge in [-0.25, -0.2) is 4.39 Å². The first kappa shape index (κ1) is 13.8. The fourth-order valence-corrected chi connectivity index (χ4v) is 1.86. The van der Waals surface area contributed by atoms with E-state index >= 15 is 0 Å². The highest BCUT2D eigenvalue weighted by atomic mass is 19.1. The second kappa shape index (κ2) is 5.56. The van der Waals surface area contributed by atoms with E-state index in [2.05, 4.69) is 5.32 Å². The van der Waals surface area contributed by atoms with Gasteiger partial charge in [0.25, 0.3) is 5.69 Å². The van der Waals surface area contributed by atoms with Gasteiger partial charge >= 0.3 is 0 Å². The lowest BCUT2D eigenvalue weighted by molar-refractivity contribution is -0.384. The van der Waals surface area contributed by atoms with Crippen molar-refractivity contribution in [3.05, 3.63) is 64.0 Å². The average Bonchev–Trinajstić information content (AvgIpc) is 2.41. The number of hydrogen-bond donors (Lipinski definition) is 2. The predicted molar refractivity (Wildman–Crippen MR) is 73.2 cm³/mol. The number of halogens is 1. The normalized spacial score (nSPS) is 11.9. The molecule has 0 radical (unpaired) electrons. The molecule has 0 aliphatic carbocycles. The number of benzene rings is 2. The van der Waals surface area contributed by atoms with Crippen LogP contribution in [0.2, 0.25) is 0 Å². The molecule has 0 aromatic heterocycles. The van der Waals surface area contributed by atoms with Gasteiger partial charge in [-0.3, -0.25) is 10.1 Å². The number of phenols is 1. The van der Waals surface area contributed by atoms with Crippen molar-refractivity contribution in [2.24, 2.45) is 0 Å². The van der Waals surface area contributed by atoms with Crippen LogP contribution in [0.1, 0.15) is 18.5 Å². The Balaban J connectivity index is 2.25. The van der Waals surface area contributed by atoms with E-state index in [1.54, 1.807) is 12.1 Å². The molecule has 20 heavy (non-hydrogen) atoms. The quantitative estimate of drug-likeness (QED) is 0.660. The number of aromatic hydroxyl groups is 1. The summed E-state index contributed by atoms with van der Waals surface area (Å²) in [6.45, 7) is 1.82. The first-order valence-corrected chi connectivity index (χ1v) is 5.97. The summed E-state index contributed by atoms with van der Waals surface area (Å²) in [5.74, 6) is -0.506. The molecule has 0 amide bonds. The molecule has 6 heteroatoms. The van der Waals surface area contributed by atoms with Crippen LogP contribution in [0.3, 0.4) is 0 Å². The molecule has 0 spiro atoms. The lowest BCUT2D eigenvalue weighted by Gasteiger charge is -2.15. The zero-order valence-corrected chi connectivity index (χ0v) is 10.7. The maximum atomic E-state index is 13.1. The largest absolute Gasteiger partial charge is 0.508 e. The molecular weight excluding hydrogens is 263 g/mol. The molecule has 0 bridgehead atoms. The zero-order chi connectivity index (χ0) is 14.7. The van der Waals surface area contributed by atoms with Gasteiger partial charge in [-0.1, -0.05) is 12.1 Å². The topological polar surface area (TPSA) is 75.4 Å². The molecule has 104 valence electrons. The average molecular weight is 276 g/mol. The summed E-state index contributed by atoms with van der Waals surface area (Å²) in [6.07, 6.45) is 0. The van der Waals surface area contributed by atoms with Gasteiger partial charge in [0, 0.05) is 6.04 Å². The maximum absolute atomic E-state index is 13.1. The van der Waals surface area contributed by atoms with Crippen molar-refractivity contribution in [1.29, 1.82) is 0 Å². The number of hydrogen-bond acceptors (Lipinski definition) is 4. The zero-order valence-electron chi connectivity index (χ0n) is 10.7. The van der Waals surface area contributed by atoms with Crippen LogP contribution in [0.5, 0.6) is 5.75 Å². The minimum Gasteiger partial charge on any atom is -0.508 e. The summed E-state index contributed by atoms with van der Waals surface area (Å²) >= 11 is 0. The third-order valence-electron chi connectivity index (χ3n) is 2.92. The van der Waals surface area contributed by atoms with Crippen LogP contribution in [-0.2, 0) is 0 Å². The third-order valence-corrected chi connectivity index (χ3v) is 2.92. The molecule has 2 aromatic carbocycles. The van der Waals surface area contributed by atoms with Crippen molar-refractivity contribution in [2.45, 2.75) is 13.0 Å². The van der Waals surface area contributed by atoms with E-state index in [4.69, 9.17) is 0 Å². The number of nitrogens with zero attached hydrogens (tertiary/aromatic N) is 1. The minimum absolute atomic E-state index is 0.147. The Morgan fingerprint density at radius 3 is 2.50 bits per heavy atom. The number of rotatable bonds is 4. The van der Waals surface area contributed by atoms with Crippen LogP contribution in [-0.4, -0.2) is 10.0 Å². The smallest absolute Gasteiger partial charge is 0.295 e. The van der Waals surface area contributed by atoms with E-state index in [1.165, 1.54) is 24.3 Å². The summed E-state index contributed by atoms with van der Waals surface area (Å²) in [5.41, 5.74) is 0.786. The molecule has 0 saturated carbocycles. The second-order valence-corrected chi connectivity index (χ2v) is 4.38. The predicted octanol–water partition coefficient (Wildman–Crippen LogP) is 3.61. The van der Waals surface area contributed by atoms with Crippen LogP contribution in [0, 0.1) is 15.9 Å². The SMILES string of the molecule is CC(Nc1ccc(F)cc1[N+](=O)[O-])c1ccc(O)cc1. The van der Waals surface area contributed by atoms with Gasteiger partial charge < -0.3 is 10.4 Å². The fraction of sp³-hybridized carbons (Fsp3) is 0.143. The number of phenolic OH excluding ortho intramolecular Hbond substituents is 1. The highest BCUT2D eigenvalue weighted by Gasteiger charge is 2.17. The van der Waals surface area contributed by atoms with E-state index in [-0.39, 0.29) is 23.2 Å². The summed E-state index contributed by atoms with van der Waals surface area (Å²) in [6, 6.07) is 9.65. The molecular formula is C14H13FN2O3. The van der Waals surface area contributed by atoms with E-state index in [1.807, 2.05) is 6.92 Å². The fourth-order valence-electron chi connectivity index (χ4n) is 1.86. The van der Waals surface area contributed by atoms with E-state index in [9.17, 15) is 19.6 Å². The van der Waals surface area contributed by atoms with E-state index in [0.29, 0.717) is 0 Å². The molecule has 0 fully saturated rings. The summed E-state index contributed by atoms with van der Waals surface area (Å²) < 4.78 is 13.1. The highest BCUT2D eigenvalue weighted by Crippen LogP contribution is 2.29. The monoisotopic (exact) mass is 276 g/mol. The second-order valence-electron chi connectivity index (χ2n) is 4.38. The Labute approximate surface area is 114 Å². The molecule has 1 atom stereocenters. The van der Waals surface area contributed by atoms with Crippen LogP contribution >= 0.6 is 0 Å². The van der Waals surface area contributed by atoms with Gasteiger partial charge in [0.15, 0.2) is 0 Å². The summed E-state index contributed by atoms with van der Waals surface area (Å²) in [7, 11) is 0. The molecule has 2 N–H and O–H groups in total. The number of nitrogens with one attached hydrogen (secondary N) is 1. The Bertz CT molecular complexity index is 629. The first-order valence-electron chi connectivity index (χ1n) is 5.97. The molecule has 0 aliphatic rings. The third kappa shape index (κ3) is 3.03. The summed E-state index contributed by atoms with van der Waals surface area (Å²) in [4.78, 5) is 10.3. The Morgan fingerprint density at radius 1 is 1.25 bits per heavy atom. The molecule has 5 nitrogen and oxygen atoms in total. The van der Waals surface area contributed by atoms with Crippen molar-refractivity contribution in [2.75, 3.05) is 5.32 Å². The van der Waals surface area contributed by atoms with Gasteiger partial charge in [0.2, 0.25) is 0 Å². The van der Waals surface area contributed by atoms with Gasteiger partial charge in [-0.15, -0.1) is 0 Å². The van der Waals surface area contributed by atoms with Gasteiger partial charge in [0.1, 0.15) is 17.3 Å². The summed E-state index contributed by atoms with van der Waals surface area (Å²) in [5, 5.41) is 23.1. The van der Waals surface area contributed by atoms with Crippen LogP contribution in [0.15, 0.2) is 42.5 Å². The van der Waals surface area contributed by atoms with Crippen molar-refractivity contribution in [3.63, 3.8) is 0 Å². The Kier molecular flexibility index (Phi) is 3.84. The molecule has 1 unspecified atom stereocenters. The minimum atomic E-state index is -0.653. The lowest BCUT2D eigenvalue weighted by Crippen LogP contribution is -2.08. The molecule has 0 aliphatic heterocycles. The molecule has 0 saturated heterocycles. The van der Waals surface area contributed by atoms with Crippen LogP contribution < -0.4 is 5.32 Å². The lowest BCUT2D eigenvalue weighted by atomic mass is 10.1. The van der Waals surface area contributed by atoms with Crippen molar-refractivity contribution in [1.82, 2.24) is 0 Å². The number of nitro groups is 1. The maximum Gasteiger partial charge on any atom is 0.295 e. The van der Waals surface area contributed by atoms with E-state index < -0.39 is 10.7 Å². The molecule has 0 heterocycles. The van der Waals surface area contributed by atoms with Gasteiger partial charge in [-0.05, 0) is 36.8 Å². The van der Waals surface area contributed by atoms with Gasteiger partial charge in [-0.2, -0.15) is 0 Å². The van der Waals surface area contributed by atoms with Gasteiger partial charge in [0.05, 0.1) is 11.0 Å². The van der Waals surface area contributed by atoms with Crippen LogP contribution in [0.4, 0.5) is 15.8 Å². The number of anilines is 1. The Hall–Kier alpha value is -2.63. The van der Waals surface area contributed by atoms with Crippen LogP contribution in [0.25, 0.3) is 0 Å². The van der Waals surface area contributed by atoms with E-state index in [0.717, 1.165) is 11.6 Å². The standard InChI is InChI=1S/C14H13FN2O3/c1-9(10-2-5-12(18)6-3-10)16-13-7-4-11(15)8-14(13)17(19)20/h2-9,16,18H,1H3. The molecule has 2 aromatic rings. The van der Waals surface area contributed by atoms with Crippen molar-refractivity contribution >= 4 is 11.4 Å². The Morgan fingerprint density at radius 2 is 1.90 bits per heavy atom. The highest BCUT2D eigenvalue weighted by molar-refractivity contribution is 5.62.